The molecular weight excluding hydrogens is 482 g/mol. The number of carbonyl (C=O) groups excluding carboxylic acids is 3. The molecule has 4 rings (SSSR count). The third-order valence-corrected chi connectivity index (χ3v) is 6.57. The molecule has 3 aromatic rings. The van der Waals surface area contributed by atoms with Crippen molar-refractivity contribution >= 4 is 18.6 Å². The highest BCUT2D eigenvalue weighted by atomic mass is 16.6. The van der Waals surface area contributed by atoms with Gasteiger partial charge in [0.25, 0.3) is 0 Å². The van der Waals surface area contributed by atoms with Gasteiger partial charge in [-0.3, -0.25) is 4.79 Å². The van der Waals surface area contributed by atoms with E-state index in [1.807, 2.05) is 54.6 Å². The minimum absolute atomic E-state index is 0.0209. The van der Waals surface area contributed by atoms with Crippen LogP contribution in [0.2, 0.25) is 0 Å². The molecule has 1 aliphatic rings. The molecule has 0 saturated heterocycles. The molecular formula is C30H33N3O5. The zero-order chi connectivity index (χ0) is 26.6. The number of unbranched alkanes of at least 4 members (excludes halogenated alkanes) is 1. The number of hydrogen-bond acceptors (Lipinski definition) is 5. The van der Waals surface area contributed by atoms with Crippen LogP contribution in [-0.4, -0.2) is 44.3 Å². The Hall–Kier alpha value is -4.33. The molecule has 0 aromatic heterocycles. The van der Waals surface area contributed by atoms with Crippen LogP contribution in [0, 0.1) is 0 Å². The van der Waals surface area contributed by atoms with Crippen molar-refractivity contribution in [2.24, 2.45) is 0 Å². The lowest BCUT2D eigenvalue weighted by Gasteiger charge is -2.20. The number of amides is 3. The fraction of sp³-hybridized carbons (Fsp3) is 0.300. The summed E-state index contributed by atoms with van der Waals surface area (Å²) in [6.45, 7) is 1.19. The molecule has 0 spiro atoms. The molecule has 8 heteroatoms. The van der Waals surface area contributed by atoms with Gasteiger partial charge >= 0.3 is 12.2 Å². The fourth-order valence-corrected chi connectivity index (χ4v) is 4.70. The normalized spacial score (nSPS) is 12.5. The van der Waals surface area contributed by atoms with Gasteiger partial charge in [-0.1, -0.05) is 78.9 Å². The fourth-order valence-electron chi connectivity index (χ4n) is 4.70. The van der Waals surface area contributed by atoms with E-state index in [4.69, 9.17) is 9.47 Å². The average molecular weight is 516 g/mol. The second-order valence-corrected chi connectivity index (χ2v) is 9.18. The van der Waals surface area contributed by atoms with Gasteiger partial charge in [-0.05, 0) is 47.1 Å². The number of hydrogen-bond donors (Lipinski definition) is 3. The van der Waals surface area contributed by atoms with Crippen LogP contribution in [0.5, 0.6) is 0 Å². The number of fused-ring (bicyclic) bond motifs is 3. The molecule has 0 bridgehead atoms. The Morgan fingerprint density at radius 1 is 0.816 bits per heavy atom. The number of ether oxygens (including phenoxy) is 2. The monoisotopic (exact) mass is 515 g/mol. The lowest BCUT2D eigenvalue weighted by Crippen LogP contribution is -2.42. The van der Waals surface area contributed by atoms with Gasteiger partial charge < -0.3 is 25.4 Å². The first-order chi connectivity index (χ1) is 18.7. The van der Waals surface area contributed by atoms with Crippen molar-refractivity contribution in [1.82, 2.24) is 16.0 Å². The van der Waals surface area contributed by atoms with Gasteiger partial charge in [0.15, 0.2) is 0 Å². The van der Waals surface area contributed by atoms with Crippen molar-refractivity contribution in [3.63, 3.8) is 0 Å². The molecule has 1 aliphatic carbocycles. The van der Waals surface area contributed by atoms with E-state index in [-0.39, 0.29) is 25.2 Å². The van der Waals surface area contributed by atoms with Crippen LogP contribution in [0.25, 0.3) is 11.1 Å². The van der Waals surface area contributed by atoms with Crippen LogP contribution in [0.3, 0.4) is 0 Å². The van der Waals surface area contributed by atoms with Crippen LogP contribution in [0.15, 0.2) is 78.9 Å². The Morgan fingerprint density at radius 3 is 2.16 bits per heavy atom. The van der Waals surface area contributed by atoms with E-state index in [9.17, 15) is 14.4 Å². The van der Waals surface area contributed by atoms with Crippen LogP contribution in [-0.2, 0) is 20.9 Å². The minimum Gasteiger partial charge on any atom is -0.449 e. The lowest BCUT2D eigenvalue weighted by atomic mass is 9.98. The number of carbonyl (C=O) groups is 3. The third-order valence-electron chi connectivity index (χ3n) is 6.57. The molecule has 0 radical (unpaired) electrons. The van der Waals surface area contributed by atoms with Gasteiger partial charge in [-0.15, -0.1) is 0 Å². The van der Waals surface area contributed by atoms with Gasteiger partial charge in [-0.2, -0.15) is 0 Å². The zero-order valence-electron chi connectivity index (χ0n) is 21.2. The number of benzene rings is 3. The molecule has 198 valence electrons. The maximum Gasteiger partial charge on any atom is 0.407 e. The molecule has 0 heterocycles. The Bertz CT molecular complexity index is 1170. The Kier molecular flexibility index (Phi) is 9.73. The molecule has 1 atom stereocenters. The second-order valence-electron chi connectivity index (χ2n) is 9.18. The van der Waals surface area contributed by atoms with Gasteiger partial charge in [0, 0.05) is 25.0 Å². The molecule has 8 nitrogen and oxygen atoms in total. The van der Waals surface area contributed by atoms with Crippen molar-refractivity contribution < 1.29 is 23.9 Å². The van der Waals surface area contributed by atoms with Crippen molar-refractivity contribution in [1.29, 1.82) is 0 Å². The van der Waals surface area contributed by atoms with Crippen molar-refractivity contribution in [3.05, 3.63) is 95.6 Å². The van der Waals surface area contributed by atoms with Crippen LogP contribution >= 0.6 is 0 Å². The van der Waals surface area contributed by atoms with Crippen molar-refractivity contribution in [2.75, 3.05) is 19.7 Å². The van der Waals surface area contributed by atoms with Gasteiger partial charge in [0.05, 0.1) is 0 Å². The first kappa shape index (κ1) is 26.7. The van der Waals surface area contributed by atoms with Crippen LogP contribution < -0.4 is 16.0 Å². The number of nitrogens with one attached hydrogen (secondary N) is 3. The minimum atomic E-state index is -0.521. The van der Waals surface area contributed by atoms with Crippen LogP contribution in [0.1, 0.15) is 41.9 Å². The largest absolute Gasteiger partial charge is 0.449 e. The Balaban J connectivity index is 1.19. The van der Waals surface area contributed by atoms with Crippen molar-refractivity contribution in [2.45, 2.75) is 37.8 Å². The maximum atomic E-state index is 12.6. The van der Waals surface area contributed by atoms with Crippen molar-refractivity contribution in [3.8, 4) is 11.1 Å². The van der Waals surface area contributed by atoms with E-state index >= 15 is 0 Å². The SMILES string of the molecule is O=CNC[C@H](CCCCNC(=O)OCc1ccccc1)NC(=O)OCC1c2ccccc2-c2ccccc21. The summed E-state index contributed by atoms with van der Waals surface area (Å²) >= 11 is 0. The Labute approximate surface area is 222 Å². The highest BCUT2D eigenvalue weighted by Crippen LogP contribution is 2.44. The summed E-state index contributed by atoms with van der Waals surface area (Å²) < 4.78 is 10.8. The second kappa shape index (κ2) is 13.8. The molecule has 3 amide bonds. The van der Waals surface area contributed by atoms with E-state index in [0.29, 0.717) is 32.3 Å². The first-order valence-corrected chi connectivity index (χ1v) is 12.9. The van der Waals surface area contributed by atoms with Gasteiger partial charge in [0.1, 0.15) is 13.2 Å². The van der Waals surface area contributed by atoms with Gasteiger partial charge in [-0.25, -0.2) is 9.59 Å². The molecule has 0 unspecified atom stereocenters. The first-order valence-electron chi connectivity index (χ1n) is 12.9. The summed E-state index contributed by atoms with van der Waals surface area (Å²) in [5.41, 5.74) is 5.56. The lowest BCUT2D eigenvalue weighted by molar-refractivity contribution is -0.109. The summed E-state index contributed by atoms with van der Waals surface area (Å²) in [6.07, 6.45) is 1.66. The van der Waals surface area contributed by atoms with Crippen LogP contribution in [0.4, 0.5) is 9.59 Å². The average Bonchev–Trinajstić information content (AvgIpc) is 3.27. The summed E-state index contributed by atoms with van der Waals surface area (Å²) in [4.78, 5) is 35.3. The summed E-state index contributed by atoms with van der Waals surface area (Å²) in [7, 11) is 0. The quantitative estimate of drug-likeness (QED) is 0.225. The summed E-state index contributed by atoms with van der Waals surface area (Å²) in [6, 6.07) is 25.5. The number of alkyl carbamates (subject to hydrolysis) is 2. The molecule has 0 saturated carbocycles. The number of rotatable bonds is 13. The molecule has 0 aliphatic heterocycles. The Morgan fingerprint density at radius 2 is 1.47 bits per heavy atom. The van der Waals surface area contributed by atoms with E-state index in [1.165, 1.54) is 11.1 Å². The van der Waals surface area contributed by atoms with Gasteiger partial charge in [0.2, 0.25) is 6.41 Å². The predicted octanol–water partition coefficient (Wildman–Crippen LogP) is 4.74. The van der Waals surface area contributed by atoms with E-state index < -0.39 is 12.2 Å². The van der Waals surface area contributed by atoms with E-state index in [1.54, 1.807) is 0 Å². The maximum absolute atomic E-state index is 12.6. The molecule has 38 heavy (non-hydrogen) atoms. The highest BCUT2D eigenvalue weighted by Gasteiger charge is 2.29. The highest BCUT2D eigenvalue weighted by molar-refractivity contribution is 5.79. The molecule has 3 N–H and O–H groups in total. The standard InChI is InChI=1S/C30H33N3O5/c34-21-31-18-23(12-8-9-17-32-29(35)37-19-22-10-2-1-3-11-22)33-30(36)38-20-28-26-15-6-4-13-24(26)25-14-5-7-16-27(25)28/h1-7,10-11,13-16,21,23,28H,8-9,12,17-20H2,(H,31,34)(H,32,35)(H,33,36)/t23-/m0/s1. The molecule has 3 aromatic carbocycles. The summed E-state index contributed by atoms with van der Waals surface area (Å²) in [5, 5.41) is 8.23. The predicted molar refractivity (Wildman–Crippen MR) is 145 cm³/mol. The smallest absolute Gasteiger partial charge is 0.407 e. The topological polar surface area (TPSA) is 106 Å². The van der Waals surface area contributed by atoms with E-state index in [0.717, 1.165) is 23.1 Å². The third kappa shape index (κ3) is 7.35. The zero-order valence-corrected chi connectivity index (χ0v) is 21.2. The summed E-state index contributed by atoms with van der Waals surface area (Å²) in [5.74, 6) is -0.0209. The molecule has 0 fully saturated rings. The van der Waals surface area contributed by atoms with E-state index in [2.05, 4.69) is 40.2 Å².